The Morgan fingerprint density at radius 3 is 2.65 bits per heavy atom. The molecule has 0 spiro atoms. The highest BCUT2D eigenvalue weighted by atomic mass is 19.1. The number of ether oxygens (including phenoxy) is 1. The number of carbonyl (C=O) groups is 1. The van der Waals surface area contributed by atoms with Crippen LogP contribution in [0.3, 0.4) is 0 Å². The third-order valence-electron chi connectivity index (χ3n) is 3.22. The lowest BCUT2D eigenvalue weighted by Crippen LogP contribution is -2.13. The van der Waals surface area contributed by atoms with Crippen molar-refractivity contribution in [3.63, 3.8) is 0 Å². The zero-order chi connectivity index (χ0) is 16.8. The van der Waals surface area contributed by atoms with E-state index in [2.05, 4.69) is 5.32 Å². The highest BCUT2D eigenvalue weighted by Gasteiger charge is 2.09. The summed E-state index contributed by atoms with van der Waals surface area (Å²) in [6, 6.07) is 8.33. The standard InChI is InChI=1S/C17H18F2N2O2/c1-2-23-16-7-3-11(9-14(16)20)4-8-17(22)21-15-6-5-12(18)10-13(15)19/h3,5-7,9-10H,2,4,8,20H2,1H3,(H,21,22). The molecule has 0 bridgehead atoms. The molecule has 0 radical (unpaired) electrons. The van der Waals surface area contributed by atoms with Gasteiger partial charge in [-0.05, 0) is 43.2 Å². The molecule has 0 aliphatic heterocycles. The van der Waals surface area contributed by atoms with Gasteiger partial charge < -0.3 is 15.8 Å². The molecule has 0 aliphatic rings. The zero-order valence-electron chi connectivity index (χ0n) is 12.7. The smallest absolute Gasteiger partial charge is 0.224 e. The molecule has 0 saturated heterocycles. The molecule has 0 unspecified atom stereocenters. The summed E-state index contributed by atoms with van der Waals surface area (Å²) in [6.45, 7) is 2.39. The van der Waals surface area contributed by atoms with Gasteiger partial charge in [0.25, 0.3) is 0 Å². The van der Waals surface area contributed by atoms with E-state index in [0.29, 0.717) is 24.5 Å². The van der Waals surface area contributed by atoms with Crippen molar-refractivity contribution in [3.8, 4) is 5.75 Å². The zero-order valence-corrected chi connectivity index (χ0v) is 12.7. The van der Waals surface area contributed by atoms with Gasteiger partial charge in [0, 0.05) is 12.5 Å². The minimum atomic E-state index is -0.802. The van der Waals surface area contributed by atoms with Crippen molar-refractivity contribution >= 4 is 17.3 Å². The molecule has 2 aromatic rings. The molecule has 0 heterocycles. The molecule has 0 fully saturated rings. The summed E-state index contributed by atoms with van der Waals surface area (Å²) in [5, 5.41) is 2.42. The number of nitrogens with two attached hydrogens (primary N) is 1. The molecule has 6 heteroatoms. The second-order valence-corrected chi connectivity index (χ2v) is 4.98. The van der Waals surface area contributed by atoms with Gasteiger partial charge in [-0.1, -0.05) is 6.07 Å². The van der Waals surface area contributed by atoms with E-state index in [9.17, 15) is 13.6 Å². The largest absolute Gasteiger partial charge is 0.492 e. The first kappa shape index (κ1) is 16.7. The highest BCUT2D eigenvalue weighted by molar-refractivity contribution is 5.90. The van der Waals surface area contributed by atoms with E-state index in [1.54, 1.807) is 12.1 Å². The number of aryl methyl sites for hydroxylation is 1. The lowest BCUT2D eigenvalue weighted by atomic mass is 10.1. The first-order valence-electron chi connectivity index (χ1n) is 7.25. The first-order valence-corrected chi connectivity index (χ1v) is 7.25. The van der Waals surface area contributed by atoms with Gasteiger partial charge in [-0.3, -0.25) is 4.79 Å². The molecular formula is C17H18F2N2O2. The van der Waals surface area contributed by atoms with Crippen LogP contribution in [-0.2, 0) is 11.2 Å². The van der Waals surface area contributed by atoms with Crippen LogP contribution in [0, 0.1) is 11.6 Å². The number of hydrogen-bond acceptors (Lipinski definition) is 3. The number of benzene rings is 2. The van der Waals surface area contributed by atoms with Crippen LogP contribution < -0.4 is 15.8 Å². The second kappa shape index (κ2) is 7.58. The van der Waals surface area contributed by atoms with Gasteiger partial charge in [0.15, 0.2) is 0 Å². The van der Waals surface area contributed by atoms with Crippen molar-refractivity contribution in [2.75, 3.05) is 17.7 Å². The van der Waals surface area contributed by atoms with Crippen LogP contribution in [0.15, 0.2) is 36.4 Å². The molecule has 0 saturated carbocycles. The molecule has 1 amide bonds. The summed E-state index contributed by atoms with van der Waals surface area (Å²) in [5.74, 6) is -1.24. The van der Waals surface area contributed by atoms with Crippen molar-refractivity contribution in [3.05, 3.63) is 53.6 Å². The lowest BCUT2D eigenvalue weighted by molar-refractivity contribution is -0.116. The Labute approximate surface area is 133 Å². The number of halogens is 2. The molecule has 3 N–H and O–H groups in total. The van der Waals surface area contributed by atoms with E-state index in [-0.39, 0.29) is 18.0 Å². The monoisotopic (exact) mass is 320 g/mol. The minimum absolute atomic E-state index is 0.0393. The number of nitrogens with one attached hydrogen (secondary N) is 1. The van der Waals surface area contributed by atoms with Crippen LogP contribution in [0.25, 0.3) is 0 Å². The average molecular weight is 320 g/mol. The predicted molar refractivity (Wildman–Crippen MR) is 85.3 cm³/mol. The van der Waals surface area contributed by atoms with Crippen molar-refractivity contribution in [1.29, 1.82) is 0 Å². The van der Waals surface area contributed by atoms with Crippen molar-refractivity contribution in [2.45, 2.75) is 19.8 Å². The Morgan fingerprint density at radius 1 is 1.22 bits per heavy atom. The van der Waals surface area contributed by atoms with Crippen LogP contribution >= 0.6 is 0 Å². The fourth-order valence-corrected chi connectivity index (χ4v) is 2.10. The number of hydrogen-bond donors (Lipinski definition) is 2. The van der Waals surface area contributed by atoms with E-state index >= 15 is 0 Å². The van der Waals surface area contributed by atoms with Crippen LogP contribution in [0.2, 0.25) is 0 Å². The fraction of sp³-hybridized carbons (Fsp3) is 0.235. The van der Waals surface area contributed by atoms with Crippen molar-refractivity contribution < 1.29 is 18.3 Å². The maximum Gasteiger partial charge on any atom is 0.224 e. The maximum atomic E-state index is 13.5. The second-order valence-electron chi connectivity index (χ2n) is 4.98. The average Bonchev–Trinajstić information content (AvgIpc) is 2.51. The van der Waals surface area contributed by atoms with Crippen LogP contribution in [0.4, 0.5) is 20.2 Å². The summed E-state index contributed by atoms with van der Waals surface area (Å²) in [7, 11) is 0. The first-order chi connectivity index (χ1) is 11.0. The van der Waals surface area contributed by atoms with E-state index in [1.807, 2.05) is 13.0 Å². The molecule has 122 valence electrons. The van der Waals surface area contributed by atoms with Gasteiger partial charge in [0.05, 0.1) is 18.0 Å². The molecule has 0 aromatic heterocycles. The Hall–Kier alpha value is -2.63. The minimum Gasteiger partial charge on any atom is -0.492 e. The summed E-state index contributed by atoms with van der Waals surface area (Å²) < 4.78 is 31.6. The van der Waals surface area contributed by atoms with Gasteiger partial charge in [-0.25, -0.2) is 8.78 Å². The van der Waals surface area contributed by atoms with Crippen LogP contribution in [-0.4, -0.2) is 12.5 Å². The maximum absolute atomic E-state index is 13.5. The number of carbonyl (C=O) groups excluding carboxylic acids is 1. The summed E-state index contributed by atoms with van der Waals surface area (Å²) in [5.41, 5.74) is 7.21. The molecule has 2 rings (SSSR count). The number of anilines is 2. The Morgan fingerprint density at radius 2 is 2.00 bits per heavy atom. The molecule has 2 aromatic carbocycles. The molecular weight excluding hydrogens is 302 g/mol. The lowest BCUT2D eigenvalue weighted by Gasteiger charge is -2.09. The van der Waals surface area contributed by atoms with E-state index < -0.39 is 11.6 Å². The van der Waals surface area contributed by atoms with Crippen molar-refractivity contribution in [2.24, 2.45) is 0 Å². The van der Waals surface area contributed by atoms with E-state index in [0.717, 1.165) is 17.7 Å². The molecule has 4 nitrogen and oxygen atoms in total. The summed E-state index contributed by atoms with van der Waals surface area (Å²) >= 11 is 0. The van der Waals surface area contributed by atoms with Gasteiger partial charge in [-0.15, -0.1) is 0 Å². The fourth-order valence-electron chi connectivity index (χ4n) is 2.10. The topological polar surface area (TPSA) is 64.3 Å². The third kappa shape index (κ3) is 4.67. The molecule has 0 aliphatic carbocycles. The van der Waals surface area contributed by atoms with Crippen LogP contribution in [0.1, 0.15) is 18.9 Å². The summed E-state index contributed by atoms with van der Waals surface area (Å²) in [6.07, 6.45) is 0.607. The molecule has 23 heavy (non-hydrogen) atoms. The van der Waals surface area contributed by atoms with E-state index in [4.69, 9.17) is 10.5 Å². The number of nitrogen functional groups attached to an aromatic ring is 1. The normalized spacial score (nSPS) is 10.4. The SMILES string of the molecule is CCOc1ccc(CCC(=O)Nc2ccc(F)cc2F)cc1N. The van der Waals surface area contributed by atoms with Gasteiger partial charge in [0.2, 0.25) is 5.91 Å². The van der Waals surface area contributed by atoms with Crippen molar-refractivity contribution in [1.82, 2.24) is 0 Å². The van der Waals surface area contributed by atoms with Gasteiger partial charge in [-0.2, -0.15) is 0 Å². The summed E-state index contributed by atoms with van der Waals surface area (Å²) in [4.78, 5) is 11.8. The predicted octanol–water partition coefficient (Wildman–Crippen LogP) is 3.52. The van der Waals surface area contributed by atoms with Crippen LogP contribution in [0.5, 0.6) is 5.75 Å². The Balaban J connectivity index is 1.92. The van der Waals surface area contributed by atoms with E-state index in [1.165, 1.54) is 6.07 Å². The number of amides is 1. The third-order valence-corrected chi connectivity index (χ3v) is 3.22. The highest BCUT2D eigenvalue weighted by Crippen LogP contribution is 2.23. The number of rotatable bonds is 6. The molecule has 0 atom stereocenters. The van der Waals surface area contributed by atoms with Gasteiger partial charge >= 0.3 is 0 Å². The Kier molecular flexibility index (Phi) is 5.51. The quantitative estimate of drug-likeness (QED) is 0.801. The van der Waals surface area contributed by atoms with Gasteiger partial charge in [0.1, 0.15) is 17.4 Å². The Bertz CT molecular complexity index is 705.